The number of esters is 1. The molecule has 62 heavy (non-hydrogen) atoms. The molecule has 1 aromatic heterocycles. The van der Waals surface area contributed by atoms with Gasteiger partial charge in [-0.15, -0.1) is 0 Å². The molecule has 2 N–H and O–H groups in total. The van der Waals surface area contributed by atoms with Crippen molar-refractivity contribution in [3.63, 3.8) is 0 Å². The van der Waals surface area contributed by atoms with E-state index in [-0.39, 0.29) is 54.7 Å². The number of rotatable bonds is 22. The molecule has 3 aromatic carbocycles. The van der Waals surface area contributed by atoms with Crippen LogP contribution in [0.25, 0.3) is 11.3 Å². The Morgan fingerprint density at radius 2 is 1.37 bits per heavy atom. The molecule has 16 heteroatoms. The fraction of sp³-hybridized carbons (Fsp3) is 0.413. The molecular weight excluding hydrogens is 808 g/mol. The summed E-state index contributed by atoms with van der Waals surface area (Å²) in [6, 6.07) is 19.6. The van der Waals surface area contributed by atoms with Gasteiger partial charge in [0.25, 0.3) is 17.7 Å². The second kappa shape index (κ2) is 23.4. The molecule has 0 saturated carbocycles. The lowest BCUT2D eigenvalue weighted by Gasteiger charge is -2.23. The molecule has 0 atom stereocenters. The summed E-state index contributed by atoms with van der Waals surface area (Å²) in [5.41, 5.74) is 1.87. The molecule has 0 bridgehead atoms. The van der Waals surface area contributed by atoms with Gasteiger partial charge in [0, 0.05) is 67.4 Å². The number of halogens is 3. The molecule has 13 nitrogen and oxygen atoms in total. The largest absolute Gasteiger partial charge is 0.460 e. The molecule has 0 unspecified atom stereocenters. The van der Waals surface area contributed by atoms with Gasteiger partial charge in [-0.3, -0.25) is 24.2 Å². The van der Waals surface area contributed by atoms with Crippen LogP contribution in [0.3, 0.4) is 0 Å². The monoisotopic (exact) mass is 863 g/mol. The Balaban J connectivity index is 1.34. The van der Waals surface area contributed by atoms with Gasteiger partial charge in [0.1, 0.15) is 5.60 Å². The molecule has 1 heterocycles. The van der Waals surface area contributed by atoms with Crippen LogP contribution in [0.2, 0.25) is 0 Å². The number of ether oxygens (including phenoxy) is 4. The Morgan fingerprint density at radius 1 is 0.726 bits per heavy atom. The van der Waals surface area contributed by atoms with E-state index >= 15 is 0 Å². The third kappa shape index (κ3) is 15.6. The fourth-order valence-electron chi connectivity index (χ4n) is 6.10. The van der Waals surface area contributed by atoms with Crippen LogP contribution < -0.4 is 15.5 Å². The number of carbonyl (C=O) groups excluding carboxylic acids is 4. The van der Waals surface area contributed by atoms with E-state index < -0.39 is 29.2 Å². The van der Waals surface area contributed by atoms with Gasteiger partial charge < -0.3 is 39.4 Å². The van der Waals surface area contributed by atoms with Gasteiger partial charge in [-0.05, 0) is 101 Å². The maximum absolute atomic E-state index is 13.7. The average Bonchev–Trinajstić information content (AvgIpc) is 3.24. The van der Waals surface area contributed by atoms with Gasteiger partial charge >= 0.3 is 12.1 Å². The first-order chi connectivity index (χ1) is 29.5. The number of alkyl halides is 3. The van der Waals surface area contributed by atoms with Gasteiger partial charge in [0.05, 0.1) is 63.0 Å². The summed E-state index contributed by atoms with van der Waals surface area (Å²) < 4.78 is 61.4. The number of aromatic nitrogens is 1. The minimum atomic E-state index is -4.51. The summed E-state index contributed by atoms with van der Waals surface area (Å²) in [5, 5.41) is 5.62. The fourth-order valence-corrected chi connectivity index (χ4v) is 6.10. The van der Waals surface area contributed by atoms with E-state index in [9.17, 15) is 32.3 Å². The number of hydrogen-bond acceptors (Lipinski definition) is 10. The number of amides is 3. The molecule has 0 aliphatic heterocycles. The van der Waals surface area contributed by atoms with E-state index in [1.165, 1.54) is 35.4 Å². The summed E-state index contributed by atoms with van der Waals surface area (Å²) in [5.74, 6) is -1.62. The highest BCUT2D eigenvalue weighted by Gasteiger charge is 2.30. The Labute approximate surface area is 360 Å². The van der Waals surface area contributed by atoms with Crippen molar-refractivity contribution < 1.29 is 51.3 Å². The topological polar surface area (TPSA) is 149 Å². The second-order valence-corrected chi connectivity index (χ2v) is 15.1. The van der Waals surface area contributed by atoms with Crippen LogP contribution in [-0.2, 0) is 36.5 Å². The normalized spacial score (nSPS) is 11.5. The number of carbonyl (C=O) groups is 4. The van der Waals surface area contributed by atoms with Crippen molar-refractivity contribution in [3.05, 3.63) is 113 Å². The Morgan fingerprint density at radius 3 is 2.05 bits per heavy atom. The van der Waals surface area contributed by atoms with Crippen LogP contribution in [0, 0.1) is 0 Å². The third-order valence-corrected chi connectivity index (χ3v) is 9.29. The second-order valence-electron chi connectivity index (χ2n) is 15.1. The van der Waals surface area contributed by atoms with Crippen molar-refractivity contribution in [2.45, 2.75) is 59.4 Å². The number of anilines is 2. The molecule has 0 spiro atoms. The first kappa shape index (κ1) is 48.8. The summed E-state index contributed by atoms with van der Waals surface area (Å²) in [6.45, 7) is 12.8. The maximum atomic E-state index is 13.7. The van der Waals surface area contributed by atoms with Crippen LogP contribution in [0.15, 0.2) is 85.1 Å². The number of nitrogens with zero attached hydrogens (tertiary/aromatic N) is 3. The van der Waals surface area contributed by atoms with Crippen molar-refractivity contribution in [2.75, 3.05) is 76.5 Å². The summed E-state index contributed by atoms with van der Waals surface area (Å²) >= 11 is 0. The van der Waals surface area contributed by atoms with Crippen molar-refractivity contribution in [1.82, 2.24) is 15.2 Å². The van der Waals surface area contributed by atoms with Crippen LogP contribution in [0.4, 0.5) is 24.5 Å². The van der Waals surface area contributed by atoms with E-state index in [0.29, 0.717) is 68.6 Å². The van der Waals surface area contributed by atoms with Crippen LogP contribution in [-0.4, -0.2) is 105 Å². The summed E-state index contributed by atoms with van der Waals surface area (Å²) in [4.78, 5) is 60.1. The zero-order valence-corrected chi connectivity index (χ0v) is 36.1. The molecule has 334 valence electrons. The SMILES string of the molecule is CCN(CC)c1ccc(NC(=O)c2cccc(C(=O)N(C)CCOCCOCCOCCC(=O)OC(C)(C)C)c2)c(-c2cc(C(=O)NCc3cccc(C(F)(F)F)c3)ccn2)c1. The van der Waals surface area contributed by atoms with Gasteiger partial charge in [-0.2, -0.15) is 13.2 Å². The number of hydrogen-bond donors (Lipinski definition) is 2. The van der Waals surface area contributed by atoms with E-state index in [1.807, 2.05) is 46.8 Å². The number of pyridine rings is 1. The molecule has 0 fully saturated rings. The Hall–Kier alpha value is -5.84. The van der Waals surface area contributed by atoms with Crippen molar-refractivity contribution in [1.29, 1.82) is 0 Å². The zero-order chi connectivity index (χ0) is 45.3. The smallest absolute Gasteiger partial charge is 0.416 e. The maximum Gasteiger partial charge on any atom is 0.416 e. The summed E-state index contributed by atoms with van der Waals surface area (Å²) in [7, 11) is 1.64. The molecule has 0 aliphatic rings. The predicted octanol–water partition coefficient (Wildman–Crippen LogP) is 7.65. The predicted molar refractivity (Wildman–Crippen MR) is 230 cm³/mol. The van der Waals surface area contributed by atoms with Crippen LogP contribution >= 0.6 is 0 Å². The van der Waals surface area contributed by atoms with Crippen molar-refractivity contribution in [3.8, 4) is 11.3 Å². The molecule has 4 rings (SSSR count). The summed E-state index contributed by atoms with van der Waals surface area (Å²) in [6.07, 6.45) is -2.90. The number of benzene rings is 3. The molecule has 4 aromatic rings. The third-order valence-electron chi connectivity index (χ3n) is 9.29. The lowest BCUT2D eigenvalue weighted by molar-refractivity contribution is -0.156. The van der Waals surface area contributed by atoms with E-state index in [1.54, 1.807) is 37.4 Å². The van der Waals surface area contributed by atoms with E-state index in [0.717, 1.165) is 17.8 Å². The molecule has 0 aliphatic carbocycles. The van der Waals surface area contributed by atoms with Crippen LogP contribution in [0.5, 0.6) is 0 Å². The van der Waals surface area contributed by atoms with Crippen LogP contribution in [0.1, 0.15) is 83.2 Å². The standard InChI is InChI=1S/C46H56F3N5O8/c1-7-54(8-2)37-15-16-39(38(30-37)40-29-34(17-19-50-40)42(56)51-31-32-11-9-14-36(27-32)46(47,48)49)52-43(57)33-12-10-13-35(28-33)44(58)53(6)20-22-60-24-26-61-25-23-59-21-18-41(55)62-45(3,4)5/h9-17,19,27-30H,7-8,18,20-26,31H2,1-6H3,(H,51,56)(H,52,57). The minimum Gasteiger partial charge on any atom is -0.460 e. The quantitative estimate of drug-likeness (QED) is 0.0597. The molecule has 3 amide bonds. The van der Waals surface area contributed by atoms with E-state index in [2.05, 4.69) is 20.5 Å². The zero-order valence-electron chi connectivity index (χ0n) is 36.1. The number of nitrogens with one attached hydrogen (secondary N) is 2. The highest BCUT2D eigenvalue weighted by atomic mass is 19.4. The number of likely N-dealkylation sites (N-methyl/N-ethyl adjacent to an activating group) is 1. The van der Waals surface area contributed by atoms with Crippen molar-refractivity contribution >= 4 is 35.1 Å². The lowest BCUT2D eigenvalue weighted by Crippen LogP contribution is -2.30. The average molecular weight is 864 g/mol. The first-order valence-corrected chi connectivity index (χ1v) is 20.4. The molecule has 0 saturated heterocycles. The van der Waals surface area contributed by atoms with E-state index in [4.69, 9.17) is 18.9 Å². The van der Waals surface area contributed by atoms with Gasteiger partial charge in [-0.25, -0.2) is 0 Å². The minimum absolute atomic E-state index is 0.126. The van der Waals surface area contributed by atoms with Gasteiger partial charge in [0.2, 0.25) is 0 Å². The van der Waals surface area contributed by atoms with Gasteiger partial charge in [-0.1, -0.05) is 18.2 Å². The van der Waals surface area contributed by atoms with Gasteiger partial charge in [0.15, 0.2) is 0 Å². The molecular formula is C46H56F3N5O8. The Bertz CT molecular complexity index is 2120. The van der Waals surface area contributed by atoms with Crippen molar-refractivity contribution in [2.24, 2.45) is 0 Å². The first-order valence-electron chi connectivity index (χ1n) is 20.4. The Kier molecular flexibility index (Phi) is 18.4. The lowest BCUT2D eigenvalue weighted by atomic mass is 10.0. The highest BCUT2D eigenvalue weighted by Crippen LogP contribution is 2.33. The molecule has 0 radical (unpaired) electrons. The highest BCUT2D eigenvalue weighted by molar-refractivity contribution is 6.08.